The molecule has 0 amide bonds. The molecule has 0 spiro atoms. The molecule has 14 nitrogen and oxygen atoms in total. The van der Waals surface area contributed by atoms with Crippen LogP contribution in [0.2, 0.25) is 0 Å². The van der Waals surface area contributed by atoms with Gasteiger partial charge < -0.3 is 66.3 Å². The Bertz CT molecular complexity index is 2900. The van der Waals surface area contributed by atoms with E-state index in [0.29, 0.717) is 118 Å². The van der Waals surface area contributed by atoms with Crippen molar-refractivity contribution in [2.45, 2.75) is 0 Å². The lowest BCUT2D eigenvalue weighted by atomic mass is 10.0. The maximum atomic E-state index is 6.69. The summed E-state index contributed by atoms with van der Waals surface area (Å²) in [5, 5.41) is 0. The number of rotatable bonds is 15. The van der Waals surface area contributed by atoms with Gasteiger partial charge in [-0.15, -0.1) is 22.7 Å². The summed E-state index contributed by atoms with van der Waals surface area (Å²) in [6.45, 7) is 1.49. The predicted molar refractivity (Wildman–Crippen MR) is 278 cm³/mol. The number of fused-ring (bicyclic) bond motifs is 2. The van der Waals surface area contributed by atoms with Gasteiger partial charge in [-0.2, -0.15) is 0 Å². The normalized spacial score (nSPS) is 14.6. The molecule has 0 radical (unpaired) electrons. The van der Waals surface area contributed by atoms with Gasteiger partial charge in [0.05, 0.1) is 98.6 Å². The van der Waals surface area contributed by atoms with Gasteiger partial charge in [0.15, 0.2) is 23.0 Å². The fraction of sp³-hybridized carbons (Fsp3) is 0.214. The Morgan fingerprint density at radius 1 is 0.361 bits per heavy atom. The molecule has 370 valence electrons. The van der Waals surface area contributed by atoms with E-state index < -0.39 is 0 Å². The van der Waals surface area contributed by atoms with Gasteiger partial charge in [-0.05, 0) is 96.1 Å². The maximum Gasteiger partial charge on any atom is 0.181 e. The van der Waals surface area contributed by atoms with E-state index in [2.05, 4.69) is 12.2 Å². The van der Waals surface area contributed by atoms with E-state index in [-0.39, 0.29) is 0 Å². The highest BCUT2D eigenvalue weighted by atomic mass is 32.1. The molecule has 0 aliphatic carbocycles. The summed E-state index contributed by atoms with van der Waals surface area (Å²) in [5.41, 5.74) is 4.52. The molecule has 6 aromatic rings. The molecule has 4 aromatic carbocycles. The summed E-state index contributed by atoms with van der Waals surface area (Å²) in [4.78, 5) is 3.34. The average Bonchev–Trinajstić information content (AvgIpc) is 3.98. The van der Waals surface area contributed by atoms with Gasteiger partial charge >= 0.3 is 0 Å². The molecule has 6 heterocycles. The van der Waals surface area contributed by atoms with Gasteiger partial charge in [0, 0.05) is 24.3 Å². The fourth-order valence-electron chi connectivity index (χ4n) is 8.49. The number of benzene rings is 4. The second-order valence-electron chi connectivity index (χ2n) is 16.1. The highest BCUT2D eigenvalue weighted by molar-refractivity contribution is 7.24. The molecule has 0 bridgehead atoms. The number of methoxy groups -OCH3 is 8. The zero-order chi connectivity index (χ0) is 49.9. The summed E-state index contributed by atoms with van der Waals surface area (Å²) in [6.07, 6.45) is 12.0. The van der Waals surface area contributed by atoms with Crippen LogP contribution in [0.5, 0.6) is 69.0 Å². The first-order valence-electron chi connectivity index (χ1n) is 22.7. The molecule has 0 fully saturated rings. The van der Waals surface area contributed by atoms with Crippen LogP contribution in [-0.2, 0) is 9.47 Å². The predicted octanol–water partition coefficient (Wildman–Crippen LogP) is 12.1. The maximum absolute atomic E-state index is 6.69. The van der Waals surface area contributed by atoms with E-state index in [1.54, 1.807) is 56.9 Å². The van der Waals surface area contributed by atoms with Crippen molar-refractivity contribution in [2.75, 3.05) is 83.3 Å². The van der Waals surface area contributed by atoms with Crippen LogP contribution in [0.25, 0.3) is 44.9 Å². The molecule has 10 rings (SSSR count). The number of hydrogen-bond donors (Lipinski definition) is 0. The smallest absolute Gasteiger partial charge is 0.181 e. The SMILES string of the molecule is COc1ccc(C2=CC(=Cc3sc(-c4sc(C=C5C=C(c6ccc(OC)cc6OC)OC(c6ccc(OC)cc6OC)=C5)c5c4OCCO5)c4c3OCCO4)C=C(c3ccc(OC)cc3OC)O2)c(OC)c1. The number of ether oxygens (including phenoxy) is 14. The Labute approximate surface area is 424 Å². The molecule has 2 aromatic heterocycles. The van der Waals surface area contributed by atoms with Crippen molar-refractivity contribution in [1.82, 2.24) is 0 Å². The highest BCUT2D eigenvalue weighted by Crippen LogP contribution is 2.59. The summed E-state index contributed by atoms with van der Waals surface area (Å²) in [6, 6.07) is 22.4. The van der Waals surface area contributed by atoms with Crippen molar-refractivity contribution in [3.63, 3.8) is 0 Å². The fourth-order valence-corrected chi connectivity index (χ4v) is 10.9. The van der Waals surface area contributed by atoms with E-state index in [9.17, 15) is 0 Å². The second-order valence-corrected chi connectivity index (χ2v) is 18.2. The summed E-state index contributed by atoms with van der Waals surface area (Å²) in [5.74, 6) is 9.58. The summed E-state index contributed by atoms with van der Waals surface area (Å²) < 4.78 is 84.7. The van der Waals surface area contributed by atoms with E-state index in [4.69, 9.17) is 66.3 Å². The molecule has 0 saturated carbocycles. The molecular weight excluding hydrogens is 961 g/mol. The lowest BCUT2D eigenvalue weighted by Crippen LogP contribution is -2.15. The monoisotopic (exact) mass is 1010 g/mol. The topological polar surface area (TPSA) is 129 Å². The summed E-state index contributed by atoms with van der Waals surface area (Å²) >= 11 is 3.07. The molecule has 0 saturated heterocycles. The van der Waals surface area contributed by atoms with Crippen LogP contribution >= 0.6 is 22.7 Å². The van der Waals surface area contributed by atoms with Gasteiger partial charge in [-0.1, -0.05) is 0 Å². The first kappa shape index (κ1) is 47.6. The molecule has 0 atom stereocenters. The summed E-state index contributed by atoms with van der Waals surface area (Å²) in [7, 11) is 12.9. The number of allylic oxidation sites excluding steroid dienone is 6. The minimum atomic E-state index is 0.371. The Balaban J connectivity index is 1.11. The van der Waals surface area contributed by atoms with Crippen molar-refractivity contribution in [2.24, 2.45) is 0 Å². The quantitative estimate of drug-likeness (QED) is 0.0967. The lowest BCUT2D eigenvalue weighted by Gasteiger charge is -2.22. The molecule has 0 unspecified atom stereocenters. The highest BCUT2D eigenvalue weighted by Gasteiger charge is 2.33. The van der Waals surface area contributed by atoms with Crippen molar-refractivity contribution in [3.05, 3.63) is 140 Å². The third-order valence-corrected chi connectivity index (χ3v) is 14.3. The molecule has 4 aliphatic rings. The molecule has 16 heteroatoms. The number of thiophene rings is 2. The van der Waals surface area contributed by atoms with E-state index in [0.717, 1.165) is 52.9 Å². The minimum absolute atomic E-state index is 0.371. The van der Waals surface area contributed by atoms with Crippen LogP contribution < -0.4 is 56.8 Å². The first-order chi connectivity index (χ1) is 35.3. The van der Waals surface area contributed by atoms with Gasteiger partial charge in [-0.3, -0.25) is 0 Å². The van der Waals surface area contributed by atoms with Crippen LogP contribution in [0.4, 0.5) is 0 Å². The first-order valence-corrected chi connectivity index (χ1v) is 24.3. The Hall–Kier alpha value is -8.08. The zero-order valence-corrected chi connectivity index (χ0v) is 42.4. The van der Waals surface area contributed by atoms with Crippen molar-refractivity contribution in [1.29, 1.82) is 0 Å². The third-order valence-electron chi connectivity index (χ3n) is 12.0. The van der Waals surface area contributed by atoms with Crippen LogP contribution in [0, 0.1) is 0 Å². The minimum Gasteiger partial charge on any atom is -0.497 e. The molecular formula is C56H50O14S2. The Kier molecular flexibility index (Phi) is 13.7. The van der Waals surface area contributed by atoms with E-state index in [1.807, 2.05) is 97.1 Å². The van der Waals surface area contributed by atoms with Crippen LogP contribution in [0.3, 0.4) is 0 Å². The number of hydrogen-bond acceptors (Lipinski definition) is 16. The lowest BCUT2D eigenvalue weighted by molar-refractivity contribution is 0.171. The van der Waals surface area contributed by atoms with Crippen LogP contribution in [-0.4, -0.2) is 83.3 Å². The van der Waals surface area contributed by atoms with E-state index in [1.165, 1.54) is 22.7 Å². The molecule has 0 N–H and O–H groups in total. The van der Waals surface area contributed by atoms with Crippen LogP contribution in [0.1, 0.15) is 32.0 Å². The van der Waals surface area contributed by atoms with Crippen LogP contribution in [0.15, 0.2) is 108 Å². The van der Waals surface area contributed by atoms with Gasteiger partial charge in [-0.25, -0.2) is 0 Å². The van der Waals surface area contributed by atoms with E-state index >= 15 is 0 Å². The molecule has 4 aliphatic heterocycles. The standard InChI is InChI=1S/C56H50O14S2/c1-57-33-9-13-37(41(27-33)61-5)45-21-31(22-46(69-45)38-14-10-34(58-2)28-42(38)62-6)25-49-51-53(67-19-17-65-51)55(71-49)56-54-52(66-18-20-68-54)50(72-56)26-32-23-47(39-15-11-35(59-3)29-43(39)63-7)70-48(24-32)40-16-12-36(60-4)30-44(40)64-8/h9-16,21-30H,17-20H2,1-8H3. The second kappa shape index (κ2) is 20.7. The Morgan fingerprint density at radius 3 is 0.903 bits per heavy atom. The largest absolute Gasteiger partial charge is 0.497 e. The Morgan fingerprint density at radius 2 is 0.639 bits per heavy atom. The van der Waals surface area contributed by atoms with Gasteiger partial charge in [0.2, 0.25) is 0 Å². The third kappa shape index (κ3) is 9.21. The van der Waals surface area contributed by atoms with Crippen molar-refractivity contribution in [3.8, 4) is 78.7 Å². The van der Waals surface area contributed by atoms with Gasteiger partial charge in [0.1, 0.15) is 95.5 Å². The molecule has 72 heavy (non-hydrogen) atoms. The average molecular weight is 1010 g/mol. The zero-order valence-electron chi connectivity index (χ0n) is 40.8. The van der Waals surface area contributed by atoms with Crippen molar-refractivity contribution >= 4 is 57.9 Å². The van der Waals surface area contributed by atoms with Crippen molar-refractivity contribution < 1.29 is 66.3 Å². The van der Waals surface area contributed by atoms with Gasteiger partial charge in [0.25, 0.3) is 0 Å².